The van der Waals surface area contributed by atoms with E-state index in [-0.39, 0.29) is 5.75 Å². The quantitative estimate of drug-likeness (QED) is 0.680. The monoisotopic (exact) mass is 388 g/mol. The van der Waals surface area contributed by atoms with Gasteiger partial charge < -0.3 is 19.9 Å². The van der Waals surface area contributed by atoms with Gasteiger partial charge in [0.1, 0.15) is 0 Å². The summed E-state index contributed by atoms with van der Waals surface area (Å²) in [7, 11) is 3.12. The van der Waals surface area contributed by atoms with E-state index in [4.69, 9.17) is 9.47 Å². The first-order valence-electron chi connectivity index (χ1n) is 7.35. The largest absolute Gasteiger partial charge is 0.503 e. The summed E-state index contributed by atoms with van der Waals surface area (Å²) < 4.78 is 10.9. The van der Waals surface area contributed by atoms with Gasteiger partial charge in [0.15, 0.2) is 11.5 Å². The number of nitrogens with zero attached hydrogens (tertiary/aromatic N) is 1. The molecule has 124 valence electrons. The van der Waals surface area contributed by atoms with Gasteiger partial charge in [-0.2, -0.15) is 0 Å². The van der Waals surface area contributed by atoms with Crippen LogP contribution in [0.4, 0.5) is 5.69 Å². The zero-order chi connectivity index (χ0) is 17.1. The van der Waals surface area contributed by atoms with Gasteiger partial charge in [0, 0.05) is 23.7 Å². The molecule has 0 fully saturated rings. The lowest BCUT2D eigenvalue weighted by atomic mass is 10.1. The van der Waals surface area contributed by atoms with E-state index < -0.39 is 0 Å². The minimum atomic E-state index is 0.0988. The van der Waals surface area contributed by atoms with E-state index in [0.29, 0.717) is 22.6 Å². The van der Waals surface area contributed by atoms with E-state index >= 15 is 0 Å². The molecule has 0 aliphatic rings. The number of hydrogen-bond acceptors (Lipinski definition) is 5. The number of anilines is 1. The molecule has 5 nitrogen and oxygen atoms in total. The topological polar surface area (TPSA) is 63.6 Å². The highest BCUT2D eigenvalue weighted by Crippen LogP contribution is 2.36. The lowest BCUT2D eigenvalue weighted by molar-refractivity contribution is 0.371. The summed E-state index contributed by atoms with van der Waals surface area (Å²) in [4.78, 5) is 4.44. The van der Waals surface area contributed by atoms with Crippen molar-refractivity contribution in [3.8, 4) is 17.4 Å². The molecule has 0 unspecified atom stereocenters. The van der Waals surface area contributed by atoms with Crippen LogP contribution >= 0.6 is 15.9 Å². The lowest BCUT2D eigenvalue weighted by Gasteiger charge is -2.12. The Morgan fingerprint density at radius 2 is 1.88 bits per heavy atom. The van der Waals surface area contributed by atoms with Crippen molar-refractivity contribution in [2.24, 2.45) is 0 Å². The lowest BCUT2D eigenvalue weighted by Crippen LogP contribution is -2.01. The first kappa shape index (κ1) is 16.4. The van der Waals surface area contributed by atoms with Gasteiger partial charge in [-0.15, -0.1) is 0 Å². The minimum absolute atomic E-state index is 0.0988. The van der Waals surface area contributed by atoms with Crippen molar-refractivity contribution >= 4 is 32.5 Å². The summed E-state index contributed by atoms with van der Waals surface area (Å²) >= 11 is 3.41. The fraction of sp³-hybridized carbons (Fsp3) is 0.167. The number of rotatable bonds is 5. The molecular formula is C18H17BrN2O3. The van der Waals surface area contributed by atoms with Crippen LogP contribution in [0.2, 0.25) is 0 Å². The van der Waals surface area contributed by atoms with Crippen LogP contribution < -0.4 is 14.8 Å². The van der Waals surface area contributed by atoms with Crippen molar-refractivity contribution in [1.82, 2.24) is 4.98 Å². The number of fused-ring (bicyclic) bond motifs is 1. The molecule has 1 heterocycles. The number of methoxy groups -OCH3 is 2. The van der Waals surface area contributed by atoms with Crippen LogP contribution in [-0.4, -0.2) is 24.3 Å². The molecule has 0 aliphatic carbocycles. The maximum absolute atomic E-state index is 10.1. The average Bonchev–Trinajstić information content (AvgIpc) is 2.62. The molecule has 2 aromatic carbocycles. The van der Waals surface area contributed by atoms with Crippen LogP contribution in [0.15, 0.2) is 46.9 Å². The first-order valence-corrected chi connectivity index (χ1v) is 8.14. The molecule has 6 heteroatoms. The Morgan fingerprint density at radius 1 is 1.08 bits per heavy atom. The Balaban J connectivity index is 1.82. The molecule has 0 saturated carbocycles. The Hall–Kier alpha value is -2.47. The Morgan fingerprint density at radius 3 is 2.62 bits per heavy atom. The number of pyridine rings is 1. The van der Waals surface area contributed by atoms with E-state index in [0.717, 1.165) is 22.2 Å². The second kappa shape index (κ2) is 6.97. The molecule has 0 aliphatic heterocycles. The van der Waals surface area contributed by atoms with Crippen LogP contribution in [0.25, 0.3) is 10.9 Å². The Labute approximate surface area is 148 Å². The zero-order valence-electron chi connectivity index (χ0n) is 13.3. The number of nitrogens with one attached hydrogen (secondary N) is 1. The third kappa shape index (κ3) is 3.23. The van der Waals surface area contributed by atoms with Crippen molar-refractivity contribution in [1.29, 1.82) is 0 Å². The molecule has 0 bridgehead atoms. The predicted octanol–water partition coefficient (Wildman–Crippen LogP) is 4.33. The van der Waals surface area contributed by atoms with Gasteiger partial charge in [-0.1, -0.05) is 12.1 Å². The maximum atomic E-state index is 10.1. The van der Waals surface area contributed by atoms with Crippen molar-refractivity contribution in [2.45, 2.75) is 6.54 Å². The van der Waals surface area contributed by atoms with Crippen LogP contribution in [0.3, 0.4) is 0 Å². The molecule has 1 aromatic heterocycles. The molecule has 0 spiro atoms. The molecule has 0 atom stereocenters. The van der Waals surface area contributed by atoms with Crippen molar-refractivity contribution < 1.29 is 14.6 Å². The van der Waals surface area contributed by atoms with Crippen molar-refractivity contribution in [3.05, 3.63) is 52.5 Å². The second-order valence-corrected chi connectivity index (χ2v) is 6.00. The van der Waals surface area contributed by atoms with Crippen LogP contribution in [0.5, 0.6) is 17.4 Å². The highest BCUT2D eigenvalue weighted by Gasteiger charge is 2.10. The number of aromatic nitrogens is 1. The third-order valence-electron chi connectivity index (χ3n) is 3.74. The Bertz CT molecular complexity index is 884. The van der Waals surface area contributed by atoms with Crippen molar-refractivity contribution in [3.63, 3.8) is 0 Å². The van der Waals surface area contributed by atoms with Gasteiger partial charge in [0.05, 0.1) is 24.2 Å². The average molecular weight is 389 g/mol. The standard InChI is InChI=1S/C18H17BrN2O3/c1-23-15-7-4-12(17(19)18(15)22)10-20-13-6-3-11-5-8-16(24-2)21-14(11)9-13/h3-9,20,22H,10H2,1-2H3. The van der Waals surface area contributed by atoms with Crippen LogP contribution in [-0.2, 0) is 6.54 Å². The van der Waals surface area contributed by atoms with Gasteiger partial charge in [-0.05, 0) is 45.8 Å². The predicted molar refractivity (Wildman–Crippen MR) is 98.0 cm³/mol. The summed E-state index contributed by atoms with van der Waals surface area (Å²) in [6.45, 7) is 0.549. The Kier molecular flexibility index (Phi) is 4.76. The molecule has 24 heavy (non-hydrogen) atoms. The third-order valence-corrected chi connectivity index (χ3v) is 4.62. The van der Waals surface area contributed by atoms with Gasteiger partial charge in [-0.25, -0.2) is 4.98 Å². The molecule has 0 radical (unpaired) electrons. The second-order valence-electron chi connectivity index (χ2n) is 5.20. The van der Waals surface area contributed by atoms with Crippen molar-refractivity contribution in [2.75, 3.05) is 19.5 Å². The van der Waals surface area contributed by atoms with Gasteiger partial charge in [0.25, 0.3) is 0 Å². The number of hydrogen-bond donors (Lipinski definition) is 2. The van der Waals surface area contributed by atoms with Gasteiger partial charge in [-0.3, -0.25) is 0 Å². The maximum Gasteiger partial charge on any atom is 0.213 e. The summed E-state index contributed by atoms with van der Waals surface area (Å²) in [6.07, 6.45) is 0. The number of halogens is 1. The normalized spacial score (nSPS) is 10.6. The highest BCUT2D eigenvalue weighted by molar-refractivity contribution is 9.10. The molecule has 0 amide bonds. The number of benzene rings is 2. The summed E-state index contributed by atoms with van der Waals surface area (Å²) in [5, 5.41) is 14.4. The molecular weight excluding hydrogens is 372 g/mol. The van der Waals surface area contributed by atoms with E-state index in [9.17, 15) is 5.11 Å². The van der Waals surface area contributed by atoms with Crippen LogP contribution in [0, 0.1) is 0 Å². The van der Waals surface area contributed by atoms with E-state index in [1.807, 2.05) is 36.4 Å². The highest BCUT2D eigenvalue weighted by atomic mass is 79.9. The summed E-state index contributed by atoms with van der Waals surface area (Å²) in [5.41, 5.74) is 2.72. The summed E-state index contributed by atoms with van der Waals surface area (Å²) in [6, 6.07) is 13.4. The molecule has 3 aromatic rings. The fourth-order valence-electron chi connectivity index (χ4n) is 2.41. The fourth-order valence-corrected chi connectivity index (χ4v) is 2.88. The number of ether oxygens (including phenoxy) is 2. The number of phenolic OH excluding ortho intramolecular Hbond substituents is 1. The minimum Gasteiger partial charge on any atom is -0.503 e. The van der Waals surface area contributed by atoms with Gasteiger partial charge in [0.2, 0.25) is 5.88 Å². The first-order chi connectivity index (χ1) is 11.6. The molecule has 0 saturated heterocycles. The summed E-state index contributed by atoms with van der Waals surface area (Å²) in [5.74, 6) is 1.12. The molecule has 3 rings (SSSR count). The SMILES string of the molecule is COc1ccc2ccc(NCc3ccc(OC)c(O)c3Br)cc2n1. The van der Waals surface area contributed by atoms with E-state index in [1.54, 1.807) is 13.2 Å². The van der Waals surface area contributed by atoms with E-state index in [1.165, 1.54) is 7.11 Å². The number of aromatic hydroxyl groups is 1. The van der Waals surface area contributed by atoms with E-state index in [2.05, 4.69) is 26.2 Å². The smallest absolute Gasteiger partial charge is 0.213 e. The van der Waals surface area contributed by atoms with Crippen LogP contribution in [0.1, 0.15) is 5.56 Å². The van der Waals surface area contributed by atoms with Gasteiger partial charge >= 0.3 is 0 Å². The zero-order valence-corrected chi connectivity index (χ0v) is 14.9. The molecule has 2 N–H and O–H groups in total. The number of phenols is 1.